The summed E-state index contributed by atoms with van der Waals surface area (Å²) in [6.07, 6.45) is 3.75. The third-order valence-electron chi connectivity index (χ3n) is 6.12. The van der Waals surface area contributed by atoms with Gasteiger partial charge in [-0.2, -0.15) is 5.10 Å². The van der Waals surface area contributed by atoms with Crippen molar-refractivity contribution in [1.82, 2.24) is 20.2 Å². The van der Waals surface area contributed by atoms with Crippen molar-refractivity contribution < 1.29 is 0 Å². The predicted molar refractivity (Wildman–Crippen MR) is 139 cm³/mol. The van der Waals surface area contributed by atoms with Crippen LogP contribution >= 0.6 is 11.3 Å². The Hall–Kier alpha value is -3.96. The van der Waals surface area contributed by atoms with Gasteiger partial charge in [0, 0.05) is 49.6 Å². The van der Waals surface area contributed by atoms with Gasteiger partial charge in [0.05, 0.1) is 11.2 Å². The summed E-state index contributed by atoms with van der Waals surface area (Å²) in [6, 6.07) is 21.4. The number of nitrogens with one attached hydrogen (secondary N) is 2. The van der Waals surface area contributed by atoms with Crippen molar-refractivity contribution in [3.05, 3.63) is 90.1 Å². The molecular formula is C28H22N4S. The minimum Gasteiger partial charge on any atom is -0.353 e. The van der Waals surface area contributed by atoms with E-state index in [0.717, 1.165) is 44.5 Å². The maximum Gasteiger partial charge on any atom is 0.116 e. The number of aromatic nitrogens is 4. The van der Waals surface area contributed by atoms with E-state index >= 15 is 0 Å². The molecule has 0 unspecified atom stereocenters. The van der Waals surface area contributed by atoms with E-state index < -0.39 is 0 Å². The summed E-state index contributed by atoms with van der Waals surface area (Å²) in [5, 5.41) is 10.1. The highest BCUT2D eigenvalue weighted by atomic mass is 32.1. The molecule has 160 valence electrons. The number of hydrogen-bond acceptors (Lipinski definition) is 3. The van der Waals surface area contributed by atoms with E-state index in [1.165, 1.54) is 26.3 Å². The van der Waals surface area contributed by atoms with Crippen LogP contribution < -0.4 is 0 Å². The maximum absolute atomic E-state index is 4.67. The summed E-state index contributed by atoms with van der Waals surface area (Å²) in [7, 11) is 0. The lowest BCUT2D eigenvalue weighted by Gasteiger charge is -2.05. The van der Waals surface area contributed by atoms with Gasteiger partial charge in [0.1, 0.15) is 5.69 Å². The quantitative estimate of drug-likeness (QED) is 0.290. The highest BCUT2D eigenvalue weighted by Gasteiger charge is 2.15. The molecule has 0 amide bonds. The number of H-pyrrole nitrogens is 2. The van der Waals surface area contributed by atoms with Crippen molar-refractivity contribution in [2.24, 2.45) is 0 Å². The molecule has 0 saturated carbocycles. The van der Waals surface area contributed by atoms with E-state index in [1.54, 1.807) is 11.3 Å². The molecule has 0 atom stereocenters. The first-order valence-electron chi connectivity index (χ1n) is 10.9. The molecule has 0 saturated heterocycles. The Balaban J connectivity index is 1.49. The molecule has 33 heavy (non-hydrogen) atoms. The van der Waals surface area contributed by atoms with Gasteiger partial charge < -0.3 is 4.98 Å². The molecule has 4 nitrogen and oxygen atoms in total. The highest BCUT2D eigenvalue weighted by Crippen LogP contribution is 2.38. The van der Waals surface area contributed by atoms with Crippen LogP contribution in [0.15, 0.2) is 79.6 Å². The van der Waals surface area contributed by atoms with Gasteiger partial charge in [-0.3, -0.25) is 10.1 Å². The fourth-order valence-electron chi connectivity index (χ4n) is 4.36. The van der Waals surface area contributed by atoms with Crippen LogP contribution in [0.25, 0.3) is 60.3 Å². The molecule has 0 aliphatic heterocycles. The summed E-state index contributed by atoms with van der Waals surface area (Å²) in [4.78, 5) is 10.4. The number of aryl methyl sites for hydroxylation is 1. The lowest BCUT2D eigenvalue weighted by Crippen LogP contribution is -1.85. The number of hydrogen-bond donors (Lipinski definition) is 2. The van der Waals surface area contributed by atoms with Gasteiger partial charge >= 0.3 is 0 Å². The van der Waals surface area contributed by atoms with Gasteiger partial charge in [-0.15, -0.1) is 11.3 Å². The molecule has 2 aromatic carbocycles. The Morgan fingerprint density at radius 2 is 1.85 bits per heavy atom. The summed E-state index contributed by atoms with van der Waals surface area (Å²) < 4.78 is 0. The molecule has 0 aliphatic rings. The number of fused-ring (bicyclic) bond motifs is 2. The Morgan fingerprint density at radius 3 is 2.67 bits per heavy atom. The van der Waals surface area contributed by atoms with Crippen LogP contribution in [0.4, 0.5) is 0 Å². The number of pyridine rings is 1. The molecule has 2 N–H and O–H groups in total. The molecule has 4 heterocycles. The predicted octanol–water partition coefficient (Wildman–Crippen LogP) is 7.84. The second-order valence-corrected chi connectivity index (χ2v) is 9.50. The number of rotatable bonds is 4. The van der Waals surface area contributed by atoms with Crippen molar-refractivity contribution in [3.8, 4) is 33.0 Å². The normalized spacial score (nSPS) is 11.5. The zero-order chi connectivity index (χ0) is 22.5. The van der Waals surface area contributed by atoms with Gasteiger partial charge in [0.25, 0.3) is 0 Å². The number of allylic oxidation sites excluding steroid dienone is 1. The van der Waals surface area contributed by atoms with Gasteiger partial charge in [-0.05, 0) is 73.0 Å². The number of aromatic amines is 2. The van der Waals surface area contributed by atoms with Crippen molar-refractivity contribution >= 4 is 38.7 Å². The van der Waals surface area contributed by atoms with Crippen LogP contribution in [0.1, 0.15) is 17.4 Å². The Bertz CT molecular complexity index is 1660. The summed E-state index contributed by atoms with van der Waals surface area (Å²) >= 11 is 1.78. The fourth-order valence-corrected chi connectivity index (χ4v) is 5.33. The average molecular weight is 447 g/mol. The van der Waals surface area contributed by atoms with Crippen molar-refractivity contribution in [2.45, 2.75) is 13.8 Å². The fraction of sp³-hybridized carbons (Fsp3) is 0.0714. The molecule has 0 spiro atoms. The lowest BCUT2D eigenvalue weighted by molar-refractivity contribution is 1.12. The molecule has 0 aliphatic carbocycles. The van der Waals surface area contributed by atoms with Crippen LogP contribution in [0.5, 0.6) is 0 Å². The van der Waals surface area contributed by atoms with E-state index in [1.807, 2.05) is 18.5 Å². The van der Waals surface area contributed by atoms with Crippen molar-refractivity contribution in [3.63, 3.8) is 0 Å². The Morgan fingerprint density at radius 1 is 0.939 bits per heavy atom. The second kappa shape index (κ2) is 7.57. The first-order valence-corrected chi connectivity index (χ1v) is 11.7. The topological polar surface area (TPSA) is 57.4 Å². The SMILES string of the molecule is C=C(C)c1ccc(-c2cccc3[nH]c(-c4n[nH]c5ccc(-c6cnccc6C)cc45)cc23)s1. The lowest BCUT2D eigenvalue weighted by atomic mass is 10.0. The van der Waals surface area contributed by atoms with Crippen molar-refractivity contribution in [1.29, 1.82) is 0 Å². The minimum atomic E-state index is 0.921. The van der Waals surface area contributed by atoms with Gasteiger partial charge in [0.15, 0.2) is 0 Å². The molecule has 6 rings (SSSR count). The number of thiophene rings is 1. The van der Waals surface area contributed by atoms with E-state index in [2.05, 4.69) is 95.2 Å². The standard InChI is InChI=1S/C28H22N4S/c1-16(2)26-9-10-27(33-26)19-5-4-6-23-20(19)14-25(30-23)28-21-13-18(7-8-24(21)31-32-28)22-15-29-12-11-17(22)3/h4-15,30H,1H2,2-3H3,(H,31,32). The van der Waals surface area contributed by atoms with Gasteiger partial charge in [-0.1, -0.05) is 24.8 Å². The van der Waals surface area contributed by atoms with E-state index in [0.29, 0.717) is 0 Å². The smallest absolute Gasteiger partial charge is 0.116 e. The van der Waals surface area contributed by atoms with Gasteiger partial charge in [-0.25, -0.2) is 0 Å². The van der Waals surface area contributed by atoms with Crippen LogP contribution in [0, 0.1) is 6.92 Å². The number of benzene rings is 2. The molecule has 0 bridgehead atoms. The summed E-state index contributed by atoms with van der Waals surface area (Å²) in [5.41, 5.74) is 9.83. The van der Waals surface area contributed by atoms with E-state index in [-0.39, 0.29) is 0 Å². The summed E-state index contributed by atoms with van der Waals surface area (Å²) in [6.45, 7) is 8.25. The third-order valence-corrected chi connectivity index (χ3v) is 7.40. The zero-order valence-electron chi connectivity index (χ0n) is 18.4. The second-order valence-electron chi connectivity index (χ2n) is 8.42. The van der Waals surface area contributed by atoms with E-state index in [4.69, 9.17) is 0 Å². The summed E-state index contributed by atoms with van der Waals surface area (Å²) in [5.74, 6) is 0. The minimum absolute atomic E-state index is 0.921. The van der Waals surface area contributed by atoms with Crippen LogP contribution in [-0.2, 0) is 0 Å². The Labute approximate surface area is 195 Å². The van der Waals surface area contributed by atoms with Gasteiger partial charge in [0.2, 0.25) is 0 Å². The molecule has 0 fully saturated rings. The Kier molecular flexibility index (Phi) is 4.52. The van der Waals surface area contributed by atoms with Crippen molar-refractivity contribution in [2.75, 3.05) is 0 Å². The molecular weight excluding hydrogens is 424 g/mol. The van der Waals surface area contributed by atoms with Crippen LogP contribution in [0.3, 0.4) is 0 Å². The van der Waals surface area contributed by atoms with E-state index in [9.17, 15) is 0 Å². The highest BCUT2D eigenvalue weighted by molar-refractivity contribution is 7.16. The first-order chi connectivity index (χ1) is 16.1. The third kappa shape index (κ3) is 3.29. The van der Waals surface area contributed by atoms with Crippen LogP contribution in [-0.4, -0.2) is 20.2 Å². The first kappa shape index (κ1) is 19.7. The molecule has 5 heteroatoms. The largest absolute Gasteiger partial charge is 0.353 e. The molecule has 6 aromatic rings. The zero-order valence-corrected chi connectivity index (χ0v) is 19.3. The molecule has 0 radical (unpaired) electrons. The number of nitrogens with zero attached hydrogens (tertiary/aromatic N) is 2. The average Bonchev–Trinajstić information content (AvgIpc) is 3.56. The molecule has 4 aromatic heterocycles. The maximum atomic E-state index is 4.67. The monoisotopic (exact) mass is 446 g/mol. The van der Waals surface area contributed by atoms with Crippen LogP contribution in [0.2, 0.25) is 0 Å².